The SMILES string of the molecule is Cc1cccc([N+](=O)[O-])c1NC(=O)C1CCN(c2ccc(-c3ccc(Cl)cc3)nn2)CC1. The van der Waals surface area contributed by atoms with E-state index in [2.05, 4.69) is 20.4 Å². The van der Waals surface area contributed by atoms with Crippen LogP contribution in [0.1, 0.15) is 18.4 Å². The lowest BCUT2D eigenvalue weighted by atomic mass is 9.95. The normalized spacial score (nSPS) is 14.2. The van der Waals surface area contributed by atoms with Crippen LogP contribution in [0.25, 0.3) is 11.3 Å². The first-order chi connectivity index (χ1) is 15.4. The smallest absolute Gasteiger partial charge is 0.293 e. The van der Waals surface area contributed by atoms with Crippen molar-refractivity contribution in [1.29, 1.82) is 0 Å². The first-order valence-electron chi connectivity index (χ1n) is 10.3. The van der Waals surface area contributed by atoms with Crippen LogP contribution in [-0.4, -0.2) is 34.1 Å². The maximum absolute atomic E-state index is 12.8. The summed E-state index contributed by atoms with van der Waals surface area (Å²) in [5.41, 5.74) is 2.55. The fourth-order valence-electron chi connectivity index (χ4n) is 3.83. The molecule has 1 aliphatic heterocycles. The summed E-state index contributed by atoms with van der Waals surface area (Å²) in [6, 6.07) is 16.0. The molecule has 2 aromatic carbocycles. The van der Waals surface area contributed by atoms with Crippen LogP contribution >= 0.6 is 11.6 Å². The molecule has 1 aromatic heterocycles. The van der Waals surface area contributed by atoms with Crippen molar-refractivity contribution in [3.05, 3.63) is 75.3 Å². The Balaban J connectivity index is 1.38. The van der Waals surface area contributed by atoms with Gasteiger partial charge in [0.05, 0.1) is 10.6 Å². The topological polar surface area (TPSA) is 101 Å². The zero-order chi connectivity index (χ0) is 22.7. The van der Waals surface area contributed by atoms with Crippen LogP contribution in [0.2, 0.25) is 5.02 Å². The number of rotatable bonds is 5. The van der Waals surface area contributed by atoms with Gasteiger partial charge in [-0.2, -0.15) is 0 Å². The minimum absolute atomic E-state index is 0.0909. The Labute approximate surface area is 190 Å². The van der Waals surface area contributed by atoms with Gasteiger partial charge < -0.3 is 10.2 Å². The summed E-state index contributed by atoms with van der Waals surface area (Å²) in [6.45, 7) is 3.06. The van der Waals surface area contributed by atoms with E-state index in [1.807, 2.05) is 36.4 Å². The summed E-state index contributed by atoms with van der Waals surface area (Å²) in [4.78, 5) is 25.7. The monoisotopic (exact) mass is 451 g/mol. The van der Waals surface area contributed by atoms with Gasteiger partial charge in [-0.15, -0.1) is 10.2 Å². The number of hydrogen-bond donors (Lipinski definition) is 1. The van der Waals surface area contributed by atoms with E-state index in [0.717, 1.165) is 17.1 Å². The van der Waals surface area contributed by atoms with Gasteiger partial charge in [0.15, 0.2) is 5.82 Å². The Kier molecular flexibility index (Phi) is 6.32. The number of nitro benzene ring substituents is 1. The molecule has 3 aromatic rings. The van der Waals surface area contributed by atoms with Gasteiger partial charge in [-0.25, -0.2) is 0 Å². The van der Waals surface area contributed by atoms with Crippen LogP contribution < -0.4 is 10.2 Å². The number of nitro groups is 1. The summed E-state index contributed by atoms with van der Waals surface area (Å²) in [7, 11) is 0. The molecule has 164 valence electrons. The number of anilines is 2. The van der Waals surface area contributed by atoms with E-state index < -0.39 is 4.92 Å². The highest BCUT2D eigenvalue weighted by atomic mass is 35.5. The zero-order valence-electron chi connectivity index (χ0n) is 17.5. The summed E-state index contributed by atoms with van der Waals surface area (Å²) in [5.74, 6) is 0.356. The van der Waals surface area contributed by atoms with Gasteiger partial charge in [0.25, 0.3) is 5.69 Å². The molecule has 1 N–H and O–H groups in total. The molecule has 1 amide bonds. The zero-order valence-corrected chi connectivity index (χ0v) is 18.2. The highest BCUT2D eigenvalue weighted by molar-refractivity contribution is 6.30. The van der Waals surface area contributed by atoms with Crippen molar-refractivity contribution in [2.75, 3.05) is 23.3 Å². The van der Waals surface area contributed by atoms with Gasteiger partial charge >= 0.3 is 0 Å². The van der Waals surface area contributed by atoms with E-state index in [0.29, 0.717) is 36.5 Å². The first-order valence-corrected chi connectivity index (χ1v) is 10.7. The molecule has 2 heterocycles. The Hall–Kier alpha value is -3.52. The first kappa shape index (κ1) is 21.7. The summed E-state index contributed by atoms with van der Waals surface area (Å²) < 4.78 is 0. The van der Waals surface area contributed by atoms with E-state index in [9.17, 15) is 14.9 Å². The predicted molar refractivity (Wildman–Crippen MR) is 124 cm³/mol. The lowest BCUT2D eigenvalue weighted by Gasteiger charge is -2.31. The molecule has 1 saturated heterocycles. The fourth-order valence-corrected chi connectivity index (χ4v) is 3.96. The van der Waals surface area contributed by atoms with E-state index >= 15 is 0 Å². The van der Waals surface area contributed by atoms with Crippen molar-refractivity contribution in [1.82, 2.24) is 10.2 Å². The van der Waals surface area contributed by atoms with Crippen LogP contribution in [0, 0.1) is 23.0 Å². The fraction of sp³-hybridized carbons (Fsp3) is 0.261. The quantitative estimate of drug-likeness (QED) is 0.438. The number of halogens is 1. The van der Waals surface area contributed by atoms with Crippen molar-refractivity contribution in [3.63, 3.8) is 0 Å². The largest absolute Gasteiger partial charge is 0.355 e. The summed E-state index contributed by atoms with van der Waals surface area (Å²) in [6.07, 6.45) is 1.26. The molecule has 1 aliphatic rings. The molecule has 1 fully saturated rings. The van der Waals surface area contributed by atoms with Crippen molar-refractivity contribution in [2.45, 2.75) is 19.8 Å². The second-order valence-corrected chi connectivity index (χ2v) is 8.20. The van der Waals surface area contributed by atoms with Crippen LogP contribution in [0.4, 0.5) is 17.2 Å². The minimum atomic E-state index is -0.475. The van der Waals surface area contributed by atoms with E-state index in [-0.39, 0.29) is 23.2 Å². The molecular weight excluding hydrogens is 430 g/mol. The average Bonchev–Trinajstić information content (AvgIpc) is 2.81. The molecule has 0 saturated carbocycles. The van der Waals surface area contributed by atoms with Gasteiger partial charge in [-0.3, -0.25) is 14.9 Å². The maximum Gasteiger partial charge on any atom is 0.293 e. The molecule has 8 nitrogen and oxygen atoms in total. The molecule has 4 rings (SSSR count). The Morgan fingerprint density at radius 3 is 2.44 bits per heavy atom. The van der Waals surface area contributed by atoms with Crippen LogP contribution in [-0.2, 0) is 4.79 Å². The van der Waals surface area contributed by atoms with E-state index in [1.54, 1.807) is 19.1 Å². The predicted octanol–water partition coefficient (Wildman–Crippen LogP) is 4.87. The molecule has 0 aliphatic carbocycles. The third-order valence-electron chi connectivity index (χ3n) is 5.68. The minimum Gasteiger partial charge on any atom is -0.355 e. The molecule has 0 atom stereocenters. The number of amides is 1. The van der Waals surface area contributed by atoms with Crippen molar-refractivity contribution < 1.29 is 9.72 Å². The van der Waals surface area contributed by atoms with Gasteiger partial charge in [0, 0.05) is 35.7 Å². The second-order valence-electron chi connectivity index (χ2n) is 7.76. The van der Waals surface area contributed by atoms with Crippen LogP contribution in [0.5, 0.6) is 0 Å². The Morgan fingerprint density at radius 1 is 1.09 bits per heavy atom. The second kappa shape index (κ2) is 9.32. The number of para-hydroxylation sites is 1. The third kappa shape index (κ3) is 4.70. The van der Waals surface area contributed by atoms with Crippen molar-refractivity contribution >= 4 is 34.7 Å². The van der Waals surface area contributed by atoms with Crippen molar-refractivity contribution in [2.24, 2.45) is 5.92 Å². The van der Waals surface area contributed by atoms with Crippen LogP contribution in [0.15, 0.2) is 54.6 Å². The lowest BCUT2D eigenvalue weighted by molar-refractivity contribution is -0.384. The van der Waals surface area contributed by atoms with Gasteiger partial charge in [-0.1, -0.05) is 35.9 Å². The Bertz CT molecular complexity index is 1130. The van der Waals surface area contributed by atoms with Gasteiger partial charge in [0.2, 0.25) is 5.91 Å². The highest BCUT2D eigenvalue weighted by Crippen LogP contribution is 2.30. The number of aromatic nitrogens is 2. The molecular formula is C23H22ClN5O3. The van der Waals surface area contributed by atoms with Crippen molar-refractivity contribution in [3.8, 4) is 11.3 Å². The number of aryl methyl sites for hydroxylation is 1. The average molecular weight is 452 g/mol. The number of hydrogen-bond acceptors (Lipinski definition) is 6. The number of nitrogens with one attached hydrogen (secondary N) is 1. The third-order valence-corrected chi connectivity index (χ3v) is 5.93. The molecule has 0 unspecified atom stereocenters. The molecule has 32 heavy (non-hydrogen) atoms. The number of carbonyl (C=O) groups is 1. The lowest BCUT2D eigenvalue weighted by Crippen LogP contribution is -2.38. The molecule has 0 spiro atoms. The molecule has 9 heteroatoms. The van der Waals surface area contributed by atoms with Gasteiger partial charge in [-0.05, 0) is 49.6 Å². The molecule has 0 radical (unpaired) electrons. The van der Waals surface area contributed by atoms with E-state index in [1.165, 1.54) is 6.07 Å². The summed E-state index contributed by atoms with van der Waals surface area (Å²) >= 11 is 5.93. The number of nitrogens with zero attached hydrogens (tertiary/aromatic N) is 4. The van der Waals surface area contributed by atoms with E-state index in [4.69, 9.17) is 11.6 Å². The highest BCUT2D eigenvalue weighted by Gasteiger charge is 2.28. The maximum atomic E-state index is 12.8. The number of piperidine rings is 1. The Morgan fingerprint density at radius 2 is 1.81 bits per heavy atom. The number of carbonyl (C=O) groups excluding carboxylic acids is 1. The molecule has 0 bridgehead atoms. The van der Waals surface area contributed by atoms with Gasteiger partial charge in [0.1, 0.15) is 5.69 Å². The van der Waals surface area contributed by atoms with Crippen LogP contribution in [0.3, 0.4) is 0 Å². The standard InChI is InChI=1S/C23H22ClN5O3/c1-15-3-2-4-20(29(31)32)22(15)25-23(30)17-11-13-28(14-12-17)21-10-9-19(26-27-21)16-5-7-18(24)8-6-16/h2-10,17H,11-14H2,1H3,(H,25,30). The number of benzene rings is 2. The summed E-state index contributed by atoms with van der Waals surface area (Å²) in [5, 5.41) is 23.4.